The van der Waals surface area contributed by atoms with E-state index in [4.69, 9.17) is 64.1 Å². The third-order valence-electron chi connectivity index (χ3n) is 23.7. The highest BCUT2D eigenvalue weighted by Gasteiger charge is 2.49. The van der Waals surface area contributed by atoms with Crippen LogP contribution in [0, 0.1) is 82.1 Å². The molecule has 564 valence electrons. The van der Waals surface area contributed by atoms with Gasteiger partial charge in [0.25, 0.3) is 0 Å². The predicted molar refractivity (Wildman–Crippen MR) is 412 cm³/mol. The predicted octanol–water partition coefficient (Wildman–Crippen LogP) is 13.3. The summed E-state index contributed by atoms with van der Waals surface area (Å²) in [6.07, 6.45) is 25.6. The maximum absolute atomic E-state index is 15.1. The highest BCUT2D eigenvalue weighted by atomic mass is 19.1. The Balaban J connectivity index is 0.0000000943. The molecule has 4 fully saturated rings. The monoisotopic (exact) mass is 1500 g/mol. The van der Waals surface area contributed by atoms with Crippen LogP contribution in [-0.2, 0) is 12.8 Å². The summed E-state index contributed by atoms with van der Waals surface area (Å²) in [5.41, 5.74) is 24.3. The van der Waals surface area contributed by atoms with Crippen LogP contribution in [0.15, 0.2) is 98.2 Å². The lowest BCUT2D eigenvalue weighted by Gasteiger charge is -2.18. The average Bonchev–Trinajstić information content (AvgIpc) is 1.59. The van der Waals surface area contributed by atoms with Crippen LogP contribution in [0.25, 0.3) is 55.9 Å². The SMILES string of the molecule is Cc1cccc2c1ccn1c(C)c(C3CC3c3nc4c(C)ncc(C)n4n3)nc21.Cc1ncc(C)n2nc(C3CC3c3cn4ccc5c(c4n3)OCCC5)nc12.Cc1ncc(C)n2nc(C3CC3c3nc4c5c(ccn4c3C)CCCO5)nc12.Cc1ncc(C)n2nc(C3CC3c3nc4c5c(ccn4c3F)OCCO5)nc12. The van der Waals surface area contributed by atoms with Crippen molar-refractivity contribution in [1.82, 2.24) is 116 Å². The number of ether oxygens (including phenoxy) is 4. The van der Waals surface area contributed by atoms with E-state index in [-0.39, 0.29) is 17.8 Å². The highest BCUT2D eigenvalue weighted by Crippen LogP contribution is 2.58. The van der Waals surface area contributed by atoms with Crippen LogP contribution >= 0.6 is 0 Å². The molecule has 7 aliphatic rings. The maximum Gasteiger partial charge on any atom is 0.221 e. The Morgan fingerprint density at radius 3 is 1.33 bits per heavy atom. The molecule has 17 aromatic rings. The summed E-state index contributed by atoms with van der Waals surface area (Å²) in [5, 5.41) is 21.4. The first-order chi connectivity index (χ1) is 54.4. The highest BCUT2D eigenvalue weighted by molar-refractivity contribution is 5.96. The van der Waals surface area contributed by atoms with Crippen LogP contribution in [0.5, 0.6) is 23.0 Å². The number of pyridine rings is 4. The van der Waals surface area contributed by atoms with Gasteiger partial charge in [-0.3, -0.25) is 24.3 Å². The molecule has 0 spiro atoms. The quantitative estimate of drug-likeness (QED) is 0.137. The molecule has 0 radical (unpaired) electrons. The van der Waals surface area contributed by atoms with E-state index in [1.165, 1.54) is 48.9 Å². The second kappa shape index (κ2) is 25.6. The number of aryl methyl sites for hydroxylation is 13. The first kappa shape index (κ1) is 67.7. The van der Waals surface area contributed by atoms with Gasteiger partial charge >= 0.3 is 0 Å². The van der Waals surface area contributed by atoms with Crippen molar-refractivity contribution in [3.05, 3.63) is 224 Å². The molecule has 4 aliphatic carbocycles. The molecule has 0 saturated heterocycles. The van der Waals surface area contributed by atoms with Gasteiger partial charge < -0.3 is 32.1 Å². The Bertz CT molecular complexity index is 6420. The molecule has 0 N–H and O–H groups in total. The van der Waals surface area contributed by atoms with Gasteiger partial charge in [0.1, 0.15) is 24.6 Å². The van der Waals surface area contributed by atoms with Crippen molar-refractivity contribution < 1.29 is 23.3 Å². The van der Waals surface area contributed by atoms with Gasteiger partial charge in [-0.2, -0.15) is 24.8 Å². The lowest BCUT2D eigenvalue weighted by Crippen LogP contribution is -2.16. The zero-order valence-electron chi connectivity index (χ0n) is 64.1. The van der Waals surface area contributed by atoms with E-state index in [1.54, 1.807) is 23.0 Å². The number of hydrogen-bond acceptors (Lipinski definition) is 20. The fourth-order valence-electron chi connectivity index (χ4n) is 17.0. The van der Waals surface area contributed by atoms with Crippen molar-refractivity contribution in [2.45, 2.75) is 175 Å². The smallest absolute Gasteiger partial charge is 0.221 e. The number of benzene rings is 1. The van der Waals surface area contributed by atoms with Crippen LogP contribution in [0.3, 0.4) is 0 Å². The first-order valence-corrected chi connectivity index (χ1v) is 38.8. The second-order valence-electron chi connectivity index (χ2n) is 31.3. The number of rotatable bonds is 8. The van der Waals surface area contributed by atoms with E-state index < -0.39 is 0 Å². The normalized spacial score (nSPS) is 20.5. The molecular weight excluding hydrogens is 1420 g/mol. The molecule has 4 saturated carbocycles. The average molecular weight is 1500 g/mol. The number of nitrogens with zero attached hydrogens (tertiary/aromatic N) is 24. The number of fused-ring (bicyclic) bond motifs is 16. The van der Waals surface area contributed by atoms with Crippen LogP contribution in [0.1, 0.15) is 206 Å². The number of halogens is 1. The van der Waals surface area contributed by atoms with Gasteiger partial charge in [-0.1, -0.05) is 18.2 Å². The van der Waals surface area contributed by atoms with Crippen LogP contribution in [-0.4, -0.2) is 142 Å². The molecule has 8 atom stereocenters. The van der Waals surface area contributed by atoms with Gasteiger partial charge in [-0.25, -0.2) is 57.9 Å². The Morgan fingerprint density at radius 2 is 0.795 bits per heavy atom. The molecular formula is C83H81FN24O4. The lowest BCUT2D eigenvalue weighted by atomic mass is 10.1. The zero-order valence-corrected chi connectivity index (χ0v) is 64.1. The van der Waals surface area contributed by atoms with Crippen molar-refractivity contribution in [1.29, 1.82) is 0 Å². The molecule has 112 heavy (non-hydrogen) atoms. The Morgan fingerprint density at radius 1 is 0.366 bits per heavy atom. The summed E-state index contributed by atoms with van der Waals surface area (Å²) in [6, 6.07) is 14.7. The topological polar surface area (TPSA) is 278 Å². The second-order valence-corrected chi connectivity index (χ2v) is 31.3. The minimum atomic E-state index is -0.364. The molecule has 8 unspecified atom stereocenters. The Labute approximate surface area is 640 Å². The molecule has 29 heteroatoms. The van der Waals surface area contributed by atoms with Gasteiger partial charge in [0, 0.05) is 126 Å². The fraction of sp³-hybridized carbons (Fsp3) is 0.373. The van der Waals surface area contributed by atoms with Crippen LogP contribution in [0.4, 0.5) is 4.39 Å². The third-order valence-corrected chi connectivity index (χ3v) is 23.7. The Kier molecular flexibility index (Phi) is 15.4. The molecule has 28 nitrogen and oxygen atoms in total. The van der Waals surface area contributed by atoms with Crippen molar-refractivity contribution in [3.8, 4) is 23.0 Å². The van der Waals surface area contributed by atoms with Gasteiger partial charge in [-0.15, -0.1) is 0 Å². The van der Waals surface area contributed by atoms with Gasteiger partial charge in [0.2, 0.25) is 11.7 Å². The van der Waals surface area contributed by atoms with Crippen LogP contribution < -0.4 is 18.9 Å². The van der Waals surface area contributed by atoms with Gasteiger partial charge in [-0.05, 0) is 168 Å². The van der Waals surface area contributed by atoms with E-state index in [0.29, 0.717) is 77.4 Å². The number of imidazole rings is 4. The molecule has 1 aromatic carbocycles. The summed E-state index contributed by atoms with van der Waals surface area (Å²) in [5.74, 6) is 8.15. The van der Waals surface area contributed by atoms with E-state index in [0.717, 1.165) is 190 Å². The third kappa shape index (κ3) is 11.1. The molecule has 16 aromatic heterocycles. The van der Waals surface area contributed by atoms with E-state index >= 15 is 4.39 Å². The molecule has 0 amide bonds. The summed E-state index contributed by atoms with van der Waals surface area (Å²) < 4.78 is 53.6. The lowest BCUT2D eigenvalue weighted by molar-refractivity contribution is 0.172. The van der Waals surface area contributed by atoms with Crippen molar-refractivity contribution >= 4 is 55.9 Å². The van der Waals surface area contributed by atoms with Crippen molar-refractivity contribution in [2.75, 3.05) is 26.4 Å². The van der Waals surface area contributed by atoms with Crippen LogP contribution in [0.2, 0.25) is 0 Å². The largest absolute Gasteiger partial charge is 0.489 e. The number of hydrogen-bond donors (Lipinski definition) is 0. The van der Waals surface area contributed by atoms with E-state index in [1.807, 2.05) is 87.5 Å². The van der Waals surface area contributed by atoms with E-state index in [2.05, 4.69) is 130 Å². The molecule has 0 bridgehead atoms. The minimum absolute atomic E-state index is 0.0473. The zero-order chi connectivity index (χ0) is 76.0. The maximum atomic E-state index is 15.1. The minimum Gasteiger partial charge on any atom is -0.489 e. The van der Waals surface area contributed by atoms with Crippen molar-refractivity contribution in [3.63, 3.8) is 0 Å². The first-order valence-electron chi connectivity index (χ1n) is 38.8. The van der Waals surface area contributed by atoms with Crippen molar-refractivity contribution in [2.24, 2.45) is 0 Å². The van der Waals surface area contributed by atoms with Gasteiger partial charge in [0.05, 0.1) is 75.8 Å². The van der Waals surface area contributed by atoms with E-state index in [9.17, 15) is 0 Å². The molecule has 19 heterocycles. The summed E-state index contributed by atoms with van der Waals surface area (Å²) in [6.45, 7) is 24.8. The summed E-state index contributed by atoms with van der Waals surface area (Å²) in [4.78, 5) is 56.2. The Hall–Kier alpha value is -12.4. The standard InChI is InChI=1S/C23H22N6.C21H22N6O.C20H20N6O.C19H17FN6O2/c1-12-6-5-7-17-16(12)8-9-28-15(4)20(25-23(17)28)18-10-19(18)21-26-22-14(3)24-11-13(2)29(22)27-21;1-11-10-22-12(2)20-24-19(25-27(11)20)16-9-15(16)17-13(3)26-7-6-14-5-4-8-28-18(14)21(26)23-17;1-11-9-21-12(2)19-23-18(24-26(11)19)15-8-14(15)16-10-25-6-5-13-4-3-7-27-17(13)20(25)22-16;1-9-8-21-10(2)18-23-17(24-26(9)18)12-7-11(12)14-16(20)25-4-3-13-15(19(25)22-14)28-6-5-27-13/h5-9,11,18-19H,10H2,1-4H3;6-7,10,15-16H,4-5,8-9H2,1-3H3;5-6,9-10,14-15H,3-4,7-8H2,1-2H3;3-4,8,11-12H,5-7H2,1-2H3. The summed E-state index contributed by atoms with van der Waals surface area (Å²) in [7, 11) is 0. The molecule has 3 aliphatic heterocycles. The van der Waals surface area contributed by atoms with Gasteiger partial charge in [0.15, 0.2) is 80.1 Å². The summed E-state index contributed by atoms with van der Waals surface area (Å²) >= 11 is 0. The fourth-order valence-corrected chi connectivity index (χ4v) is 17.0. The molecule has 24 rings (SSSR count). The number of aromatic nitrogens is 24.